The summed E-state index contributed by atoms with van der Waals surface area (Å²) in [6.45, 7) is 1.95. The van der Waals surface area contributed by atoms with E-state index in [2.05, 4.69) is 10.00 Å². The van der Waals surface area contributed by atoms with Crippen LogP contribution in [0.25, 0.3) is 16.9 Å². The van der Waals surface area contributed by atoms with Crippen LogP contribution in [0.4, 0.5) is 15.8 Å². The zero-order chi connectivity index (χ0) is 26.1. The Morgan fingerprint density at radius 1 is 0.892 bits per heavy atom. The number of amides is 1. The van der Waals surface area contributed by atoms with Crippen LogP contribution in [0.15, 0.2) is 72.8 Å². The quantitative estimate of drug-likeness (QED) is 0.234. The van der Waals surface area contributed by atoms with E-state index in [0.717, 1.165) is 5.69 Å². The van der Waals surface area contributed by atoms with Crippen molar-refractivity contribution in [1.29, 1.82) is 0 Å². The summed E-state index contributed by atoms with van der Waals surface area (Å²) >= 11 is 12.3. The van der Waals surface area contributed by atoms with Crippen molar-refractivity contribution in [2.75, 3.05) is 31.1 Å². The van der Waals surface area contributed by atoms with Crippen molar-refractivity contribution < 1.29 is 14.1 Å². The van der Waals surface area contributed by atoms with E-state index < -0.39 is 10.7 Å². The van der Waals surface area contributed by atoms with Crippen molar-refractivity contribution in [2.45, 2.75) is 0 Å². The maximum absolute atomic E-state index is 14.5. The Balaban J connectivity index is 1.42. The van der Waals surface area contributed by atoms with Crippen LogP contribution < -0.4 is 4.90 Å². The first kappa shape index (κ1) is 24.7. The third-order valence-corrected chi connectivity index (χ3v) is 6.96. The van der Waals surface area contributed by atoms with Gasteiger partial charge in [-0.3, -0.25) is 14.9 Å². The molecule has 1 aromatic heterocycles. The molecular formula is C26H20Cl2FN5O3. The number of nitro groups is 1. The molecule has 0 radical (unpaired) electrons. The fourth-order valence-corrected chi connectivity index (χ4v) is 4.55. The van der Waals surface area contributed by atoms with Gasteiger partial charge in [0.2, 0.25) is 0 Å². The van der Waals surface area contributed by atoms with Gasteiger partial charge in [0, 0.05) is 49.6 Å². The second kappa shape index (κ2) is 10.2. The van der Waals surface area contributed by atoms with E-state index in [0.29, 0.717) is 47.6 Å². The minimum Gasteiger partial charge on any atom is -0.368 e. The van der Waals surface area contributed by atoms with Crippen LogP contribution in [0.5, 0.6) is 0 Å². The highest BCUT2D eigenvalue weighted by Crippen LogP contribution is 2.29. The molecule has 0 aliphatic carbocycles. The summed E-state index contributed by atoms with van der Waals surface area (Å²) in [4.78, 5) is 27.9. The highest BCUT2D eigenvalue weighted by molar-refractivity contribution is 6.42. The molecule has 37 heavy (non-hydrogen) atoms. The minimum absolute atomic E-state index is 0.0267. The molecule has 4 aromatic rings. The Hall–Kier alpha value is -3.95. The van der Waals surface area contributed by atoms with Gasteiger partial charge in [-0.05, 0) is 48.5 Å². The average Bonchev–Trinajstić information content (AvgIpc) is 3.35. The summed E-state index contributed by atoms with van der Waals surface area (Å²) < 4.78 is 16.0. The van der Waals surface area contributed by atoms with E-state index in [1.165, 1.54) is 22.9 Å². The Morgan fingerprint density at radius 3 is 2.22 bits per heavy atom. The third-order valence-electron chi connectivity index (χ3n) is 6.22. The first-order chi connectivity index (χ1) is 17.8. The van der Waals surface area contributed by atoms with Gasteiger partial charge in [-0.15, -0.1) is 0 Å². The number of halogens is 3. The molecule has 1 amide bonds. The van der Waals surface area contributed by atoms with Crippen LogP contribution in [0.3, 0.4) is 0 Å². The molecule has 0 N–H and O–H groups in total. The topological polar surface area (TPSA) is 84.5 Å². The van der Waals surface area contributed by atoms with Gasteiger partial charge in [0.15, 0.2) is 0 Å². The zero-order valence-electron chi connectivity index (χ0n) is 19.4. The summed E-state index contributed by atoms with van der Waals surface area (Å²) in [5.74, 6) is -0.707. The second-order valence-electron chi connectivity index (χ2n) is 8.46. The zero-order valence-corrected chi connectivity index (χ0v) is 20.9. The maximum Gasteiger partial charge on any atom is 0.272 e. The molecule has 8 nitrogen and oxygen atoms in total. The summed E-state index contributed by atoms with van der Waals surface area (Å²) in [5, 5.41) is 16.1. The van der Waals surface area contributed by atoms with Crippen LogP contribution in [0.2, 0.25) is 10.0 Å². The lowest BCUT2D eigenvalue weighted by molar-refractivity contribution is -0.384. The molecule has 3 aromatic carbocycles. The normalized spacial score (nSPS) is 13.6. The van der Waals surface area contributed by atoms with Crippen molar-refractivity contribution in [3.05, 3.63) is 104 Å². The molecule has 0 atom stereocenters. The van der Waals surface area contributed by atoms with Gasteiger partial charge in [0.25, 0.3) is 11.6 Å². The van der Waals surface area contributed by atoms with Crippen LogP contribution in [0, 0.1) is 15.9 Å². The van der Waals surface area contributed by atoms with Crippen molar-refractivity contribution in [3.63, 3.8) is 0 Å². The molecule has 11 heteroatoms. The highest BCUT2D eigenvalue weighted by atomic mass is 35.5. The Labute approximate surface area is 221 Å². The van der Waals surface area contributed by atoms with Gasteiger partial charge in [0.1, 0.15) is 11.5 Å². The van der Waals surface area contributed by atoms with Gasteiger partial charge in [-0.25, -0.2) is 9.07 Å². The molecule has 1 saturated heterocycles. The highest BCUT2D eigenvalue weighted by Gasteiger charge is 2.27. The lowest BCUT2D eigenvalue weighted by atomic mass is 10.1. The van der Waals surface area contributed by atoms with E-state index >= 15 is 0 Å². The van der Waals surface area contributed by atoms with Gasteiger partial charge < -0.3 is 9.80 Å². The predicted octanol–water partition coefficient (Wildman–Crippen LogP) is 5.86. The molecule has 188 valence electrons. The number of piperazine rings is 1. The first-order valence-corrected chi connectivity index (χ1v) is 12.2. The van der Waals surface area contributed by atoms with E-state index in [4.69, 9.17) is 23.2 Å². The van der Waals surface area contributed by atoms with Gasteiger partial charge in [-0.2, -0.15) is 5.10 Å². The van der Waals surface area contributed by atoms with Crippen LogP contribution in [-0.4, -0.2) is 51.7 Å². The number of benzene rings is 3. The number of carbonyl (C=O) groups is 1. The largest absolute Gasteiger partial charge is 0.368 e. The van der Waals surface area contributed by atoms with Crippen molar-refractivity contribution in [1.82, 2.24) is 14.7 Å². The number of nitro benzene ring substituents is 1. The summed E-state index contributed by atoms with van der Waals surface area (Å²) in [5.41, 5.74) is 2.25. The van der Waals surface area contributed by atoms with Gasteiger partial charge in [0.05, 0.1) is 26.3 Å². The Kier molecular flexibility index (Phi) is 6.82. The van der Waals surface area contributed by atoms with Gasteiger partial charge in [-0.1, -0.05) is 35.3 Å². The second-order valence-corrected chi connectivity index (χ2v) is 9.27. The molecular weight excluding hydrogens is 520 g/mol. The lowest BCUT2D eigenvalue weighted by Gasteiger charge is -2.36. The maximum atomic E-state index is 14.5. The molecule has 5 rings (SSSR count). The van der Waals surface area contributed by atoms with E-state index in [1.807, 2.05) is 0 Å². The van der Waals surface area contributed by atoms with Crippen LogP contribution in [0.1, 0.15) is 10.5 Å². The molecule has 2 heterocycles. The average molecular weight is 540 g/mol. The number of non-ortho nitro benzene ring substituents is 1. The minimum atomic E-state index is -0.447. The van der Waals surface area contributed by atoms with E-state index in [9.17, 15) is 19.3 Å². The Morgan fingerprint density at radius 2 is 1.57 bits per heavy atom. The molecule has 1 aliphatic heterocycles. The van der Waals surface area contributed by atoms with Crippen LogP contribution in [-0.2, 0) is 0 Å². The summed E-state index contributed by atoms with van der Waals surface area (Å²) in [6.07, 6.45) is 0. The Bertz CT molecular complexity index is 1480. The summed E-state index contributed by atoms with van der Waals surface area (Å²) in [7, 11) is 0. The fraction of sp³-hybridized carbons (Fsp3) is 0.154. The number of aromatic nitrogens is 2. The number of hydrogen-bond donors (Lipinski definition) is 0. The molecule has 1 fully saturated rings. The number of nitrogens with zero attached hydrogens (tertiary/aromatic N) is 5. The monoisotopic (exact) mass is 539 g/mol. The molecule has 0 saturated carbocycles. The number of rotatable bonds is 5. The van der Waals surface area contributed by atoms with Gasteiger partial charge >= 0.3 is 0 Å². The smallest absolute Gasteiger partial charge is 0.272 e. The van der Waals surface area contributed by atoms with Crippen LogP contribution >= 0.6 is 23.2 Å². The molecule has 1 aliphatic rings. The SMILES string of the molecule is O=C(c1cc(-c2ccccc2F)nn1-c1ccc(Cl)c(Cl)c1)N1CCN(c2ccc([N+](=O)[O-])cc2)CC1. The molecule has 0 bridgehead atoms. The van der Waals surface area contributed by atoms with E-state index in [1.54, 1.807) is 59.5 Å². The fourth-order valence-electron chi connectivity index (χ4n) is 4.26. The van der Waals surface area contributed by atoms with E-state index in [-0.39, 0.29) is 22.9 Å². The number of hydrogen-bond acceptors (Lipinski definition) is 5. The standard InChI is InChI=1S/C26H20Cl2FN5O3/c27-21-10-9-19(15-22(21)28)33-25(16-24(30-33)20-3-1-2-4-23(20)29)26(35)32-13-11-31(12-14-32)17-5-7-18(8-6-17)34(36)37/h1-10,15-16H,11-14H2. The molecule has 0 spiro atoms. The predicted molar refractivity (Wildman–Crippen MR) is 140 cm³/mol. The number of carbonyl (C=O) groups excluding carboxylic acids is 1. The van der Waals surface area contributed by atoms with Crippen molar-refractivity contribution in [2.24, 2.45) is 0 Å². The third kappa shape index (κ3) is 5.00. The van der Waals surface area contributed by atoms with Crippen molar-refractivity contribution in [3.8, 4) is 16.9 Å². The summed E-state index contributed by atoms with van der Waals surface area (Å²) in [6, 6.07) is 19.1. The lowest BCUT2D eigenvalue weighted by Crippen LogP contribution is -2.49. The molecule has 0 unspecified atom stereocenters. The first-order valence-electron chi connectivity index (χ1n) is 11.4. The van der Waals surface area contributed by atoms with Crippen molar-refractivity contribution >= 4 is 40.5 Å². The number of anilines is 1.